The van der Waals surface area contributed by atoms with E-state index in [1.165, 1.54) is 0 Å². The molecule has 2 N–H and O–H groups in total. The summed E-state index contributed by atoms with van der Waals surface area (Å²) >= 11 is 0. The Morgan fingerprint density at radius 3 is 2.38 bits per heavy atom. The summed E-state index contributed by atoms with van der Waals surface area (Å²) in [7, 11) is 0. The summed E-state index contributed by atoms with van der Waals surface area (Å²) in [4.78, 5) is 4.60. The maximum Gasteiger partial charge on any atom is 0.191 e. The van der Waals surface area contributed by atoms with Crippen molar-refractivity contribution in [3.63, 3.8) is 0 Å². The summed E-state index contributed by atoms with van der Waals surface area (Å²) in [5.41, 5.74) is 0. The maximum atomic E-state index is 5.87. The van der Waals surface area contributed by atoms with Crippen molar-refractivity contribution in [2.45, 2.75) is 51.2 Å². The number of rotatable bonds is 11. The van der Waals surface area contributed by atoms with E-state index in [2.05, 4.69) is 22.5 Å². The molecular weight excluding hydrogens is 449 g/mol. The minimum absolute atomic E-state index is 0. The van der Waals surface area contributed by atoms with Crippen LogP contribution in [0.15, 0.2) is 4.99 Å². The first kappa shape index (κ1) is 23.9. The average Bonchev–Trinajstić information content (AvgIpc) is 3.15. The molecule has 1 atom stereocenters. The van der Waals surface area contributed by atoms with E-state index in [1.54, 1.807) is 0 Å². The number of guanidine groups is 1. The van der Waals surface area contributed by atoms with Gasteiger partial charge in [-0.3, -0.25) is 4.99 Å². The molecule has 8 heteroatoms. The van der Waals surface area contributed by atoms with Crippen molar-refractivity contribution in [2.24, 2.45) is 4.99 Å². The highest BCUT2D eigenvalue weighted by atomic mass is 127. The molecule has 2 heterocycles. The SMILES string of the molecule is CCNC(=NCCCOC1CCOCC1)NCCCOC1CCOC1.I. The van der Waals surface area contributed by atoms with E-state index in [0.29, 0.717) is 6.10 Å². The predicted molar refractivity (Wildman–Crippen MR) is 114 cm³/mol. The smallest absolute Gasteiger partial charge is 0.191 e. The highest BCUT2D eigenvalue weighted by Gasteiger charge is 2.15. The standard InChI is InChI=1S/C18H35N3O4.HI/c1-2-19-18(21-9-4-11-25-17-7-14-23-15-17)20-8-3-10-24-16-5-12-22-13-6-16;/h16-17H,2-15H2,1H3,(H2,19,20,21);1H. The Bertz CT molecular complexity index is 362. The predicted octanol–water partition coefficient (Wildman–Crippen LogP) is 1.94. The molecule has 7 nitrogen and oxygen atoms in total. The number of aliphatic imine (C=N–C) groups is 1. The lowest BCUT2D eigenvalue weighted by atomic mass is 10.1. The van der Waals surface area contributed by atoms with Gasteiger partial charge < -0.3 is 29.6 Å². The van der Waals surface area contributed by atoms with Gasteiger partial charge in [0.05, 0.1) is 18.8 Å². The van der Waals surface area contributed by atoms with Gasteiger partial charge in [-0.25, -0.2) is 0 Å². The molecule has 154 valence electrons. The molecule has 0 aromatic heterocycles. The Labute approximate surface area is 175 Å². The molecule has 2 aliphatic rings. The van der Waals surface area contributed by atoms with Crippen molar-refractivity contribution in [3.05, 3.63) is 0 Å². The fourth-order valence-electron chi connectivity index (χ4n) is 2.86. The zero-order valence-electron chi connectivity index (χ0n) is 16.0. The van der Waals surface area contributed by atoms with Crippen molar-refractivity contribution in [1.82, 2.24) is 10.6 Å². The lowest BCUT2D eigenvalue weighted by Crippen LogP contribution is -2.38. The fraction of sp³-hybridized carbons (Fsp3) is 0.944. The third-order valence-corrected chi connectivity index (χ3v) is 4.29. The third kappa shape index (κ3) is 10.9. The maximum absolute atomic E-state index is 5.87. The van der Waals surface area contributed by atoms with E-state index in [0.717, 1.165) is 97.3 Å². The van der Waals surface area contributed by atoms with Crippen molar-refractivity contribution in [1.29, 1.82) is 0 Å². The van der Waals surface area contributed by atoms with Crippen LogP contribution < -0.4 is 10.6 Å². The second kappa shape index (κ2) is 15.9. The quantitative estimate of drug-likeness (QED) is 0.202. The van der Waals surface area contributed by atoms with Crippen LogP contribution in [-0.4, -0.2) is 77.4 Å². The van der Waals surface area contributed by atoms with E-state index >= 15 is 0 Å². The van der Waals surface area contributed by atoms with Crippen molar-refractivity contribution in [3.8, 4) is 0 Å². The van der Waals surface area contributed by atoms with Gasteiger partial charge in [0.25, 0.3) is 0 Å². The summed E-state index contributed by atoms with van der Waals surface area (Å²) in [5.74, 6) is 0.873. The zero-order valence-corrected chi connectivity index (χ0v) is 18.4. The molecule has 0 aliphatic carbocycles. The van der Waals surface area contributed by atoms with Gasteiger partial charge in [-0.15, -0.1) is 24.0 Å². The first-order valence-electron chi connectivity index (χ1n) is 9.79. The van der Waals surface area contributed by atoms with Crippen LogP contribution in [0.5, 0.6) is 0 Å². The van der Waals surface area contributed by atoms with Gasteiger partial charge in [-0.05, 0) is 39.0 Å². The highest BCUT2D eigenvalue weighted by molar-refractivity contribution is 14.0. The van der Waals surface area contributed by atoms with Crippen LogP contribution in [0.2, 0.25) is 0 Å². The van der Waals surface area contributed by atoms with Crippen molar-refractivity contribution < 1.29 is 18.9 Å². The Morgan fingerprint density at radius 1 is 0.962 bits per heavy atom. The molecule has 0 saturated carbocycles. The molecule has 0 aromatic carbocycles. The summed E-state index contributed by atoms with van der Waals surface area (Å²) in [6.45, 7) is 9.33. The van der Waals surface area contributed by atoms with Gasteiger partial charge in [0.15, 0.2) is 5.96 Å². The number of halogens is 1. The molecule has 0 radical (unpaired) electrons. The first-order valence-corrected chi connectivity index (χ1v) is 9.79. The molecule has 26 heavy (non-hydrogen) atoms. The fourth-order valence-corrected chi connectivity index (χ4v) is 2.86. The molecule has 1 unspecified atom stereocenters. The number of nitrogens with zero attached hydrogens (tertiary/aromatic N) is 1. The Balaban J connectivity index is 0.00000338. The largest absolute Gasteiger partial charge is 0.381 e. The van der Waals surface area contributed by atoms with Crippen LogP contribution in [0.3, 0.4) is 0 Å². The second-order valence-electron chi connectivity index (χ2n) is 6.43. The molecule has 2 fully saturated rings. The van der Waals surface area contributed by atoms with Gasteiger partial charge in [-0.1, -0.05) is 0 Å². The molecule has 2 aliphatic heterocycles. The molecule has 0 spiro atoms. The number of nitrogens with one attached hydrogen (secondary N) is 2. The van der Waals surface area contributed by atoms with Gasteiger partial charge in [0.2, 0.25) is 0 Å². The Kier molecular flexibility index (Phi) is 14.6. The van der Waals surface area contributed by atoms with Crippen LogP contribution >= 0.6 is 24.0 Å². The molecule has 0 bridgehead atoms. The van der Waals surface area contributed by atoms with Crippen LogP contribution in [0.25, 0.3) is 0 Å². The van der Waals surface area contributed by atoms with Crippen molar-refractivity contribution >= 4 is 29.9 Å². The van der Waals surface area contributed by atoms with E-state index in [1.807, 2.05) is 0 Å². The monoisotopic (exact) mass is 485 g/mol. The lowest BCUT2D eigenvalue weighted by molar-refractivity contribution is -0.0318. The van der Waals surface area contributed by atoms with E-state index in [9.17, 15) is 0 Å². The van der Waals surface area contributed by atoms with E-state index in [4.69, 9.17) is 18.9 Å². The molecule has 2 rings (SSSR count). The van der Waals surface area contributed by atoms with Gasteiger partial charge in [0.1, 0.15) is 0 Å². The summed E-state index contributed by atoms with van der Waals surface area (Å²) < 4.78 is 22.3. The van der Waals surface area contributed by atoms with Crippen LogP contribution in [0, 0.1) is 0 Å². The molecular formula is C18H36IN3O4. The minimum atomic E-state index is 0. The molecule has 0 amide bonds. The van der Waals surface area contributed by atoms with Gasteiger partial charge in [-0.2, -0.15) is 0 Å². The van der Waals surface area contributed by atoms with E-state index < -0.39 is 0 Å². The number of ether oxygens (including phenoxy) is 4. The van der Waals surface area contributed by atoms with Crippen LogP contribution in [0.4, 0.5) is 0 Å². The van der Waals surface area contributed by atoms with Crippen LogP contribution in [-0.2, 0) is 18.9 Å². The molecule has 0 aromatic rings. The first-order chi connectivity index (χ1) is 12.4. The normalized spacial score (nSPS) is 21.4. The van der Waals surface area contributed by atoms with E-state index in [-0.39, 0.29) is 30.1 Å². The minimum Gasteiger partial charge on any atom is -0.381 e. The Hall–Kier alpha value is -0.160. The highest BCUT2D eigenvalue weighted by Crippen LogP contribution is 2.10. The zero-order chi connectivity index (χ0) is 17.6. The average molecular weight is 485 g/mol. The second-order valence-corrected chi connectivity index (χ2v) is 6.43. The Morgan fingerprint density at radius 2 is 1.65 bits per heavy atom. The molecule has 2 saturated heterocycles. The summed E-state index contributed by atoms with van der Waals surface area (Å²) in [6, 6.07) is 0. The van der Waals surface area contributed by atoms with Crippen molar-refractivity contribution in [2.75, 3.05) is 59.3 Å². The summed E-state index contributed by atoms with van der Waals surface area (Å²) in [6.07, 6.45) is 5.62. The number of hydrogen-bond donors (Lipinski definition) is 2. The lowest BCUT2D eigenvalue weighted by Gasteiger charge is -2.22. The van der Waals surface area contributed by atoms with Crippen LogP contribution in [0.1, 0.15) is 39.0 Å². The number of hydrogen-bond acceptors (Lipinski definition) is 5. The van der Waals surface area contributed by atoms with Gasteiger partial charge >= 0.3 is 0 Å². The van der Waals surface area contributed by atoms with Gasteiger partial charge in [0, 0.05) is 52.7 Å². The topological polar surface area (TPSA) is 73.3 Å². The summed E-state index contributed by atoms with van der Waals surface area (Å²) in [5, 5.41) is 6.63. The third-order valence-electron chi connectivity index (χ3n) is 4.29.